The summed E-state index contributed by atoms with van der Waals surface area (Å²) in [4.78, 5) is 16.5. The van der Waals surface area contributed by atoms with Crippen LogP contribution in [-0.4, -0.2) is 15.3 Å². The van der Waals surface area contributed by atoms with Crippen molar-refractivity contribution in [3.8, 4) is 0 Å². The van der Waals surface area contributed by atoms with Gasteiger partial charge in [-0.05, 0) is 31.2 Å². The number of halogens is 1. The zero-order valence-electron chi connectivity index (χ0n) is 10.5. The van der Waals surface area contributed by atoms with Crippen LogP contribution in [0.1, 0.15) is 28.8 Å². The van der Waals surface area contributed by atoms with Crippen molar-refractivity contribution in [2.45, 2.75) is 26.8 Å². The van der Waals surface area contributed by atoms with Crippen LogP contribution in [0.25, 0.3) is 0 Å². The molecule has 0 spiro atoms. The van der Waals surface area contributed by atoms with Gasteiger partial charge in [0.1, 0.15) is 5.82 Å². The molecule has 94 valence electrons. The average molecular weight is 263 g/mol. The molecule has 0 unspecified atom stereocenters. The number of hydrogen-bond donors (Lipinski definition) is 0. The molecular formula is C14H15ClN2O. The monoisotopic (exact) mass is 262 g/mol. The molecule has 18 heavy (non-hydrogen) atoms. The molecule has 0 aliphatic heterocycles. The predicted molar refractivity (Wildman–Crippen MR) is 72.1 cm³/mol. The maximum Gasteiger partial charge on any atom is 0.182 e. The SMILES string of the molecule is CCc1nc(C)cn1CC(=O)c1ccc(Cl)cc1. The molecule has 4 heteroatoms. The van der Waals surface area contributed by atoms with E-state index in [4.69, 9.17) is 11.6 Å². The van der Waals surface area contributed by atoms with Crippen molar-refractivity contribution < 1.29 is 4.79 Å². The van der Waals surface area contributed by atoms with E-state index in [9.17, 15) is 4.79 Å². The van der Waals surface area contributed by atoms with Crippen molar-refractivity contribution in [1.29, 1.82) is 0 Å². The van der Waals surface area contributed by atoms with Gasteiger partial charge in [-0.1, -0.05) is 18.5 Å². The van der Waals surface area contributed by atoms with Gasteiger partial charge < -0.3 is 4.57 Å². The van der Waals surface area contributed by atoms with Gasteiger partial charge in [-0.2, -0.15) is 0 Å². The van der Waals surface area contributed by atoms with Crippen LogP contribution in [0.5, 0.6) is 0 Å². The van der Waals surface area contributed by atoms with E-state index in [-0.39, 0.29) is 5.78 Å². The minimum absolute atomic E-state index is 0.0683. The van der Waals surface area contributed by atoms with Gasteiger partial charge in [0.25, 0.3) is 0 Å². The molecule has 0 saturated carbocycles. The smallest absolute Gasteiger partial charge is 0.182 e. The fraction of sp³-hybridized carbons (Fsp3) is 0.286. The van der Waals surface area contributed by atoms with E-state index < -0.39 is 0 Å². The van der Waals surface area contributed by atoms with Crippen molar-refractivity contribution in [3.05, 3.63) is 52.6 Å². The highest BCUT2D eigenvalue weighted by Crippen LogP contribution is 2.12. The molecule has 3 nitrogen and oxygen atoms in total. The third-order valence-corrected chi connectivity index (χ3v) is 3.03. The summed E-state index contributed by atoms with van der Waals surface area (Å²) in [7, 11) is 0. The molecule has 0 amide bonds. The van der Waals surface area contributed by atoms with Crippen LogP contribution in [0.2, 0.25) is 5.02 Å². The largest absolute Gasteiger partial charge is 0.327 e. The Hall–Kier alpha value is -1.61. The summed E-state index contributed by atoms with van der Waals surface area (Å²) >= 11 is 5.80. The summed E-state index contributed by atoms with van der Waals surface area (Å²) < 4.78 is 1.91. The van der Waals surface area contributed by atoms with E-state index in [1.807, 2.05) is 24.6 Å². The lowest BCUT2D eigenvalue weighted by atomic mass is 10.1. The van der Waals surface area contributed by atoms with Crippen LogP contribution < -0.4 is 0 Å². The van der Waals surface area contributed by atoms with Crippen LogP contribution >= 0.6 is 11.6 Å². The number of aromatic nitrogens is 2. The number of carbonyl (C=O) groups is 1. The Labute approximate surface area is 111 Å². The van der Waals surface area contributed by atoms with E-state index in [2.05, 4.69) is 4.98 Å². The molecule has 0 radical (unpaired) electrons. The molecule has 0 saturated heterocycles. The van der Waals surface area contributed by atoms with Crippen molar-refractivity contribution in [1.82, 2.24) is 9.55 Å². The summed E-state index contributed by atoms with van der Waals surface area (Å²) in [5.74, 6) is 1.01. The Morgan fingerprint density at radius 1 is 1.33 bits per heavy atom. The summed E-state index contributed by atoms with van der Waals surface area (Å²) in [6, 6.07) is 6.96. The highest BCUT2D eigenvalue weighted by Gasteiger charge is 2.10. The van der Waals surface area contributed by atoms with Crippen molar-refractivity contribution in [2.75, 3.05) is 0 Å². The zero-order valence-corrected chi connectivity index (χ0v) is 11.2. The van der Waals surface area contributed by atoms with E-state index in [0.29, 0.717) is 17.1 Å². The third kappa shape index (κ3) is 2.79. The standard InChI is InChI=1S/C14H15ClN2O/c1-3-14-16-10(2)8-17(14)9-13(18)11-4-6-12(15)7-5-11/h4-8H,3,9H2,1-2H3. The number of nitrogens with zero attached hydrogens (tertiary/aromatic N) is 2. The molecule has 1 aromatic carbocycles. The van der Waals surface area contributed by atoms with Gasteiger partial charge in [0.15, 0.2) is 5.78 Å². The van der Waals surface area contributed by atoms with Crippen molar-refractivity contribution >= 4 is 17.4 Å². The summed E-state index contributed by atoms with van der Waals surface area (Å²) in [6.07, 6.45) is 2.73. The zero-order chi connectivity index (χ0) is 13.1. The van der Waals surface area contributed by atoms with E-state index in [0.717, 1.165) is 17.9 Å². The van der Waals surface area contributed by atoms with Crippen LogP contribution in [0.4, 0.5) is 0 Å². The fourth-order valence-corrected chi connectivity index (χ4v) is 2.02. The number of benzene rings is 1. The molecule has 2 aromatic rings. The number of ketones is 1. The predicted octanol–water partition coefficient (Wildman–Crippen LogP) is 3.29. The highest BCUT2D eigenvalue weighted by atomic mass is 35.5. The van der Waals surface area contributed by atoms with E-state index in [1.165, 1.54) is 0 Å². The number of aryl methyl sites for hydroxylation is 2. The Kier molecular flexibility index (Phi) is 3.82. The van der Waals surface area contributed by atoms with Gasteiger partial charge >= 0.3 is 0 Å². The molecule has 0 aliphatic rings. The molecule has 1 aromatic heterocycles. The molecule has 0 atom stereocenters. The number of imidazole rings is 1. The average Bonchev–Trinajstić information content (AvgIpc) is 2.70. The van der Waals surface area contributed by atoms with Gasteiger partial charge in [-0.3, -0.25) is 4.79 Å². The quantitative estimate of drug-likeness (QED) is 0.793. The Balaban J connectivity index is 2.18. The highest BCUT2D eigenvalue weighted by molar-refractivity contribution is 6.30. The second-order valence-electron chi connectivity index (χ2n) is 4.21. The van der Waals surface area contributed by atoms with Gasteiger partial charge in [0.2, 0.25) is 0 Å². The van der Waals surface area contributed by atoms with E-state index in [1.54, 1.807) is 24.3 Å². The minimum atomic E-state index is 0.0683. The van der Waals surface area contributed by atoms with Gasteiger partial charge in [-0.25, -0.2) is 4.98 Å². The first-order chi connectivity index (χ1) is 8.60. The summed E-state index contributed by atoms with van der Waals surface area (Å²) in [5.41, 5.74) is 1.61. The number of rotatable bonds is 4. The van der Waals surface area contributed by atoms with Crippen LogP contribution in [0.15, 0.2) is 30.5 Å². The second-order valence-corrected chi connectivity index (χ2v) is 4.65. The fourth-order valence-electron chi connectivity index (χ4n) is 1.90. The van der Waals surface area contributed by atoms with Crippen LogP contribution in [0, 0.1) is 6.92 Å². The Bertz CT molecular complexity index is 558. The Morgan fingerprint density at radius 3 is 2.61 bits per heavy atom. The van der Waals surface area contributed by atoms with Crippen molar-refractivity contribution in [3.63, 3.8) is 0 Å². The van der Waals surface area contributed by atoms with Crippen LogP contribution in [0.3, 0.4) is 0 Å². The normalized spacial score (nSPS) is 10.6. The molecule has 1 heterocycles. The molecular weight excluding hydrogens is 248 g/mol. The summed E-state index contributed by atoms with van der Waals surface area (Å²) in [5, 5.41) is 0.638. The third-order valence-electron chi connectivity index (χ3n) is 2.78. The first-order valence-electron chi connectivity index (χ1n) is 5.91. The number of carbonyl (C=O) groups excluding carboxylic acids is 1. The topological polar surface area (TPSA) is 34.9 Å². The van der Waals surface area contributed by atoms with Gasteiger partial charge in [0, 0.05) is 23.2 Å². The maximum atomic E-state index is 12.1. The lowest BCUT2D eigenvalue weighted by molar-refractivity contribution is 0.0971. The molecule has 0 fully saturated rings. The molecule has 2 rings (SSSR count). The lowest BCUT2D eigenvalue weighted by Gasteiger charge is -2.05. The van der Waals surface area contributed by atoms with E-state index >= 15 is 0 Å². The maximum absolute atomic E-state index is 12.1. The van der Waals surface area contributed by atoms with Gasteiger partial charge in [0.05, 0.1) is 12.2 Å². The van der Waals surface area contributed by atoms with Crippen LogP contribution in [-0.2, 0) is 13.0 Å². The first-order valence-corrected chi connectivity index (χ1v) is 6.29. The van der Waals surface area contributed by atoms with Gasteiger partial charge in [-0.15, -0.1) is 0 Å². The van der Waals surface area contributed by atoms with Crippen molar-refractivity contribution in [2.24, 2.45) is 0 Å². The molecule has 0 aliphatic carbocycles. The minimum Gasteiger partial charge on any atom is -0.327 e. The Morgan fingerprint density at radius 2 is 2.00 bits per heavy atom. The lowest BCUT2D eigenvalue weighted by Crippen LogP contribution is -2.12. The molecule has 0 N–H and O–H groups in total. The first kappa shape index (κ1) is 12.8. The molecule has 0 bridgehead atoms. The number of Topliss-reactive ketones (excluding diaryl/α,β-unsaturated/α-hetero) is 1. The number of hydrogen-bond acceptors (Lipinski definition) is 2. The second kappa shape index (κ2) is 5.36. The summed E-state index contributed by atoms with van der Waals surface area (Å²) in [6.45, 7) is 4.29.